The second kappa shape index (κ2) is 7.92. The van der Waals surface area contributed by atoms with Gasteiger partial charge in [-0.1, -0.05) is 12.1 Å². The van der Waals surface area contributed by atoms with Gasteiger partial charge in [-0.15, -0.1) is 0 Å². The van der Waals surface area contributed by atoms with E-state index in [1.54, 1.807) is 18.2 Å². The molecular weight excluding hydrogens is 320 g/mol. The van der Waals surface area contributed by atoms with E-state index in [9.17, 15) is 9.59 Å². The number of ether oxygens (including phenoxy) is 1. The topological polar surface area (TPSA) is 78.9 Å². The lowest BCUT2D eigenvalue weighted by Gasteiger charge is -2.26. The summed E-state index contributed by atoms with van der Waals surface area (Å²) in [6, 6.07) is 13.6. The molecule has 0 saturated carbocycles. The minimum atomic E-state index is -0.992. The Kier molecular flexibility index (Phi) is 5.42. The van der Waals surface area contributed by atoms with Crippen molar-refractivity contribution in [2.45, 2.75) is 6.54 Å². The van der Waals surface area contributed by atoms with Crippen LogP contribution in [-0.2, 0) is 11.3 Å². The van der Waals surface area contributed by atoms with Crippen LogP contribution in [0.15, 0.2) is 48.5 Å². The van der Waals surface area contributed by atoms with Crippen LogP contribution in [-0.4, -0.2) is 48.2 Å². The molecule has 6 heteroatoms. The Morgan fingerprint density at radius 1 is 1.04 bits per heavy atom. The maximum Gasteiger partial charge on any atom is 0.335 e. The maximum atomic E-state index is 12.4. The molecule has 2 N–H and O–H groups in total. The highest BCUT2D eigenvalue weighted by Crippen LogP contribution is 2.14. The van der Waals surface area contributed by atoms with Crippen molar-refractivity contribution < 1.29 is 19.4 Å². The predicted octanol–water partition coefficient (Wildman–Crippen LogP) is 2.47. The molecule has 1 amide bonds. The summed E-state index contributed by atoms with van der Waals surface area (Å²) in [5.41, 5.74) is 2.41. The number of hydrogen-bond donors (Lipinski definition) is 2. The van der Waals surface area contributed by atoms with Gasteiger partial charge in [0.1, 0.15) is 0 Å². The summed E-state index contributed by atoms with van der Waals surface area (Å²) < 4.78 is 5.35. The lowest BCUT2D eigenvalue weighted by Crippen LogP contribution is -2.35. The first-order valence-corrected chi connectivity index (χ1v) is 8.15. The minimum absolute atomic E-state index is 0.186. The highest BCUT2D eigenvalue weighted by atomic mass is 16.5. The van der Waals surface area contributed by atoms with Crippen LogP contribution in [0.5, 0.6) is 0 Å². The van der Waals surface area contributed by atoms with E-state index in [1.165, 1.54) is 12.1 Å². The molecule has 0 atom stereocenters. The number of carboxylic acid groups (broad SMARTS) is 1. The molecule has 1 saturated heterocycles. The Bertz CT molecular complexity index is 752. The van der Waals surface area contributed by atoms with Crippen molar-refractivity contribution in [3.05, 3.63) is 65.2 Å². The van der Waals surface area contributed by atoms with Gasteiger partial charge in [0.15, 0.2) is 0 Å². The number of carboxylic acids is 1. The third kappa shape index (κ3) is 4.65. The van der Waals surface area contributed by atoms with Gasteiger partial charge in [0.05, 0.1) is 18.8 Å². The van der Waals surface area contributed by atoms with E-state index >= 15 is 0 Å². The third-order valence-electron chi connectivity index (χ3n) is 4.09. The summed E-state index contributed by atoms with van der Waals surface area (Å²) in [6.07, 6.45) is 0. The standard InChI is InChI=1S/C19H20N2O4/c22-18(20-17-6-4-15(5-7-17)19(23)24)16-3-1-2-14(12-16)13-21-8-10-25-11-9-21/h1-7,12H,8-11,13H2,(H,20,22)(H,23,24). The fourth-order valence-electron chi connectivity index (χ4n) is 2.73. The van der Waals surface area contributed by atoms with Crippen LogP contribution in [0.3, 0.4) is 0 Å². The smallest absolute Gasteiger partial charge is 0.335 e. The molecule has 2 aromatic rings. The highest BCUT2D eigenvalue weighted by molar-refractivity contribution is 6.04. The van der Waals surface area contributed by atoms with Crippen LogP contribution in [0.25, 0.3) is 0 Å². The number of nitrogens with one attached hydrogen (secondary N) is 1. The van der Waals surface area contributed by atoms with Crippen molar-refractivity contribution in [1.29, 1.82) is 0 Å². The monoisotopic (exact) mass is 340 g/mol. The number of amides is 1. The summed E-state index contributed by atoms with van der Waals surface area (Å²) in [5, 5.41) is 11.7. The van der Waals surface area contributed by atoms with Crippen molar-refractivity contribution in [2.75, 3.05) is 31.6 Å². The van der Waals surface area contributed by atoms with Gasteiger partial charge in [0.25, 0.3) is 5.91 Å². The molecule has 2 aromatic carbocycles. The number of anilines is 1. The second-order valence-corrected chi connectivity index (χ2v) is 5.93. The Morgan fingerprint density at radius 3 is 2.44 bits per heavy atom. The zero-order valence-corrected chi connectivity index (χ0v) is 13.8. The zero-order valence-electron chi connectivity index (χ0n) is 13.8. The molecule has 0 spiro atoms. The van der Waals surface area contributed by atoms with E-state index in [-0.39, 0.29) is 11.5 Å². The van der Waals surface area contributed by atoms with Gasteiger partial charge in [-0.3, -0.25) is 9.69 Å². The van der Waals surface area contributed by atoms with Crippen LogP contribution < -0.4 is 5.32 Å². The molecule has 0 bridgehead atoms. The number of rotatable bonds is 5. The van der Waals surface area contributed by atoms with Crippen LogP contribution >= 0.6 is 0 Å². The van der Waals surface area contributed by atoms with Crippen molar-refractivity contribution >= 4 is 17.6 Å². The molecule has 0 aromatic heterocycles. The first kappa shape index (κ1) is 17.1. The summed E-state index contributed by atoms with van der Waals surface area (Å²) >= 11 is 0. The summed E-state index contributed by atoms with van der Waals surface area (Å²) in [7, 11) is 0. The molecule has 130 valence electrons. The number of carbonyl (C=O) groups is 2. The average Bonchev–Trinajstić information content (AvgIpc) is 2.63. The van der Waals surface area contributed by atoms with Gasteiger partial charge >= 0.3 is 5.97 Å². The van der Waals surface area contributed by atoms with E-state index < -0.39 is 5.97 Å². The SMILES string of the molecule is O=C(O)c1ccc(NC(=O)c2cccc(CN3CCOCC3)c2)cc1. The number of benzene rings is 2. The lowest BCUT2D eigenvalue weighted by molar-refractivity contribution is 0.0342. The molecule has 1 fully saturated rings. The minimum Gasteiger partial charge on any atom is -0.478 e. The molecule has 0 aliphatic carbocycles. The number of nitrogens with zero attached hydrogens (tertiary/aromatic N) is 1. The van der Waals surface area contributed by atoms with Gasteiger partial charge in [-0.05, 0) is 42.0 Å². The van der Waals surface area contributed by atoms with Crippen molar-refractivity contribution in [3.8, 4) is 0 Å². The Morgan fingerprint density at radius 2 is 1.76 bits per heavy atom. The Hall–Kier alpha value is -2.70. The van der Waals surface area contributed by atoms with Crippen LogP contribution in [0.2, 0.25) is 0 Å². The number of morpholine rings is 1. The second-order valence-electron chi connectivity index (χ2n) is 5.93. The number of aromatic carboxylic acids is 1. The first-order valence-electron chi connectivity index (χ1n) is 8.15. The summed E-state index contributed by atoms with van der Waals surface area (Å²) in [4.78, 5) is 25.6. The lowest BCUT2D eigenvalue weighted by atomic mass is 10.1. The summed E-state index contributed by atoms with van der Waals surface area (Å²) in [6.45, 7) is 4.06. The predicted molar refractivity (Wildman–Crippen MR) is 93.9 cm³/mol. The molecule has 25 heavy (non-hydrogen) atoms. The molecular formula is C19H20N2O4. The molecule has 1 aliphatic heterocycles. The fourth-order valence-corrected chi connectivity index (χ4v) is 2.73. The van der Waals surface area contributed by atoms with Gasteiger partial charge in [-0.2, -0.15) is 0 Å². The number of hydrogen-bond acceptors (Lipinski definition) is 4. The molecule has 3 rings (SSSR count). The molecule has 0 unspecified atom stereocenters. The molecule has 1 heterocycles. The molecule has 0 radical (unpaired) electrons. The van der Waals surface area contributed by atoms with E-state index in [0.717, 1.165) is 38.4 Å². The van der Waals surface area contributed by atoms with E-state index in [4.69, 9.17) is 9.84 Å². The van der Waals surface area contributed by atoms with Gasteiger partial charge in [0.2, 0.25) is 0 Å². The Balaban J connectivity index is 1.65. The average molecular weight is 340 g/mol. The summed E-state index contributed by atoms with van der Waals surface area (Å²) in [5.74, 6) is -1.21. The normalized spacial score (nSPS) is 14.9. The van der Waals surface area contributed by atoms with Gasteiger partial charge < -0.3 is 15.2 Å². The van der Waals surface area contributed by atoms with Gasteiger partial charge in [0, 0.05) is 30.9 Å². The van der Waals surface area contributed by atoms with E-state index in [0.29, 0.717) is 11.3 Å². The molecule has 1 aliphatic rings. The quantitative estimate of drug-likeness (QED) is 0.874. The van der Waals surface area contributed by atoms with E-state index in [2.05, 4.69) is 10.2 Å². The van der Waals surface area contributed by atoms with Crippen molar-refractivity contribution in [1.82, 2.24) is 4.90 Å². The van der Waals surface area contributed by atoms with Crippen LogP contribution in [0.1, 0.15) is 26.3 Å². The van der Waals surface area contributed by atoms with Crippen LogP contribution in [0, 0.1) is 0 Å². The van der Waals surface area contributed by atoms with Crippen molar-refractivity contribution in [2.24, 2.45) is 0 Å². The number of carbonyl (C=O) groups excluding carboxylic acids is 1. The van der Waals surface area contributed by atoms with Gasteiger partial charge in [-0.25, -0.2) is 4.79 Å². The Labute approximate surface area is 146 Å². The maximum absolute atomic E-state index is 12.4. The zero-order chi connectivity index (χ0) is 17.6. The van der Waals surface area contributed by atoms with Crippen LogP contribution in [0.4, 0.5) is 5.69 Å². The first-order chi connectivity index (χ1) is 12.1. The largest absolute Gasteiger partial charge is 0.478 e. The third-order valence-corrected chi connectivity index (χ3v) is 4.09. The van der Waals surface area contributed by atoms with E-state index in [1.807, 2.05) is 18.2 Å². The highest BCUT2D eigenvalue weighted by Gasteiger charge is 2.12. The van der Waals surface area contributed by atoms with Crippen molar-refractivity contribution in [3.63, 3.8) is 0 Å². The fraction of sp³-hybridized carbons (Fsp3) is 0.263. The molecule has 6 nitrogen and oxygen atoms in total.